The van der Waals surface area contributed by atoms with E-state index >= 15 is 0 Å². The van der Waals surface area contributed by atoms with Crippen LogP contribution in [0.2, 0.25) is 0 Å². The lowest BCUT2D eigenvalue weighted by molar-refractivity contribution is -0.167. The van der Waals surface area contributed by atoms with Crippen molar-refractivity contribution >= 4 is 17.9 Å². The number of rotatable bonds is 62. The van der Waals surface area contributed by atoms with Crippen molar-refractivity contribution in [1.29, 1.82) is 0 Å². The Kier molecular flexibility index (Phi) is 64.2. The summed E-state index contributed by atoms with van der Waals surface area (Å²) in [5, 5.41) is 0. The zero-order valence-corrected chi connectivity index (χ0v) is 52.4. The smallest absolute Gasteiger partial charge is 0.306 e. The minimum atomic E-state index is -0.799. The van der Waals surface area contributed by atoms with Gasteiger partial charge in [-0.2, -0.15) is 0 Å². The van der Waals surface area contributed by atoms with Gasteiger partial charge in [-0.1, -0.05) is 311 Å². The van der Waals surface area contributed by atoms with Crippen LogP contribution in [-0.2, 0) is 28.6 Å². The topological polar surface area (TPSA) is 78.9 Å². The lowest BCUT2D eigenvalue weighted by Crippen LogP contribution is -2.30. The molecule has 0 amide bonds. The van der Waals surface area contributed by atoms with Crippen LogP contribution in [0.1, 0.15) is 342 Å². The van der Waals surface area contributed by atoms with E-state index in [1.165, 1.54) is 193 Å². The van der Waals surface area contributed by atoms with Crippen LogP contribution < -0.4 is 0 Å². The zero-order valence-electron chi connectivity index (χ0n) is 52.4. The number of esters is 3. The minimum absolute atomic E-state index is 0.0900. The molecule has 1 atom stereocenters. The molecule has 0 rings (SSSR count). The molecule has 0 aromatic rings. The first-order valence-corrected chi connectivity index (χ1v) is 34.1. The van der Waals surface area contributed by atoms with Gasteiger partial charge in [0, 0.05) is 19.3 Å². The second kappa shape index (κ2) is 67.1. The fourth-order valence-corrected chi connectivity index (χ4v) is 9.80. The Bertz CT molecular complexity index is 1500. The van der Waals surface area contributed by atoms with E-state index in [-0.39, 0.29) is 37.5 Å². The molecule has 0 aliphatic rings. The summed E-state index contributed by atoms with van der Waals surface area (Å²) in [6.45, 7) is 6.52. The van der Waals surface area contributed by atoms with Crippen LogP contribution in [-0.4, -0.2) is 37.2 Å². The van der Waals surface area contributed by atoms with Crippen LogP contribution in [0.15, 0.2) is 85.1 Å². The molecule has 1 unspecified atom stereocenters. The van der Waals surface area contributed by atoms with Gasteiger partial charge in [0.05, 0.1) is 0 Å². The highest BCUT2D eigenvalue weighted by Gasteiger charge is 2.19. The Hall–Kier alpha value is -3.41. The van der Waals surface area contributed by atoms with E-state index in [0.717, 1.165) is 109 Å². The maximum Gasteiger partial charge on any atom is 0.306 e. The van der Waals surface area contributed by atoms with E-state index < -0.39 is 6.10 Å². The van der Waals surface area contributed by atoms with Gasteiger partial charge in [0.15, 0.2) is 6.10 Å². The molecule has 0 heterocycles. The van der Waals surface area contributed by atoms with Gasteiger partial charge in [0.1, 0.15) is 13.2 Å². The lowest BCUT2D eigenvalue weighted by atomic mass is 10.0. The summed E-state index contributed by atoms with van der Waals surface area (Å²) in [4.78, 5) is 38.4. The average molecular weight is 1100 g/mol. The first kappa shape index (κ1) is 75.6. The third kappa shape index (κ3) is 65.3. The van der Waals surface area contributed by atoms with E-state index in [9.17, 15) is 14.4 Å². The number of hydrogen-bond acceptors (Lipinski definition) is 6. The van der Waals surface area contributed by atoms with Crippen LogP contribution >= 0.6 is 0 Å². The number of carbonyl (C=O) groups is 3. The summed E-state index contributed by atoms with van der Waals surface area (Å²) in [5.41, 5.74) is 0. The first-order valence-electron chi connectivity index (χ1n) is 34.1. The van der Waals surface area contributed by atoms with Gasteiger partial charge in [0.2, 0.25) is 0 Å². The second-order valence-corrected chi connectivity index (χ2v) is 22.7. The van der Waals surface area contributed by atoms with E-state index in [1.54, 1.807) is 0 Å². The largest absolute Gasteiger partial charge is 0.462 e. The van der Waals surface area contributed by atoms with Gasteiger partial charge in [-0.25, -0.2) is 0 Å². The van der Waals surface area contributed by atoms with E-state index in [2.05, 4.69) is 106 Å². The molecule has 0 saturated carbocycles. The van der Waals surface area contributed by atoms with Crippen LogP contribution in [0.4, 0.5) is 0 Å². The van der Waals surface area contributed by atoms with E-state index in [1.807, 2.05) is 0 Å². The Labute approximate surface area is 490 Å². The number of hydrogen-bond donors (Lipinski definition) is 0. The molecule has 456 valence electrons. The highest BCUT2D eigenvalue weighted by molar-refractivity contribution is 5.71. The Balaban J connectivity index is 4.36. The normalized spacial score (nSPS) is 12.6. The second-order valence-electron chi connectivity index (χ2n) is 22.7. The van der Waals surface area contributed by atoms with Crippen LogP contribution in [0.25, 0.3) is 0 Å². The summed E-state index contributed by atoms with van der Waals surface area (Å²) in [5.74, 6) is -0.914. The van der Waals surface area contributed by atoms with Gasteiger partial charge in [-0.15, -0.1) is 0 Å². The summed E-state index contributed by atoms with van der Waals surface area (Å²) < 4.78 is 16.9. The maximum atomic E-state index is 12.9. The predicted molar refractivity (Wildman–Crippen MR) is 344 cm³/mol. The molecule has 0 aliphatic carbocycles. The highest BCUT2D eigenvalue weighted by atomic mass is 16.6. The summed E-state index contributed by atoms with van der Waals surface area (Å²) in [7, 11) is 0. The van der Waals surface area contributed by atoms with Gasteiger partial charge < -0.3 is 14.2 Å². The fourth-order valence-electron chi connectivity index (χ4n) is 9.80. The van der Waals surface area contributed by atoms with Crippen molar-refractivity contribution < 1.29 is 28.6 Å². The molecular formula is C73H128O6. The van der Waals surface area contributed by atoms with Crippen molar-refractivity contribution in [1.82, 2.24) is 0 Å². The van der Waals surface area contributed by atoms with Crippen LogP contribution in [0, 0.1) is 0 Å². The van der Waals surface area contributed by atoms with Gasteiger partial charge in [0.25, 0.3) is 0 Å². The molecule has 0 aromatic carbocycles. The van der Waals surface area contributed by atoms with Gasteiger partial charge in [-0.05, 0) is 96.3 Å². The molecule has 0 bridgehead atoms. The van der Waals surface area contributed by atoms with Crippen molar-refractivity contribution in [3.8, 4) is 0 Å². The number of unbranched alkanes of at least 4 members (excludes halogenated alkanes) is 37. The zero-order chi connectivity index (χ0) is 57.1. The van der Waals surface area contributed by atoms with Gasteiger partial charge in [-0.3, -0.25) is 14.4 Å². The molecule has 0 fully saturated rings. The molecular weight excluding hydrogens is 973 g/mol. The molecule has 79 heavy (non-hydrogen) atoms. The molecule has 0 N–H and O–H groups in total. The molecule has 0 radical (unpaired) electrons. The summed E-state index contributed by atoms with van der Waals surface area (Å²) in [6, 6.07) is 0. The molecule has 0 aromatic heterocycles. The number of allylic oxidation sites excluding steroid dienone is 14. The Morgan fingerprint density at radius 1 is 0.266 bits per heavy atom. The SMILES string of the molecule is CC/C=C\C/C=C\C/C=C\C/C=C\C/C=C\CCCCCC(=O)OC(COC(=O)CCCCCCCCC/C=C\C/C=C\CCCCC)COC(=O)CCCCCCCCCCCCCCCCCCCCCCCCCCC. The molecule has 0 saturated heterocycles. The summed E-state index contributed by atoms with van der Waals surface area (Å²) in [6.07, 6.45) is 88.9. The predicted octanol–water partition coefficient (Wildman–Crippen LogP) is 23.4. The molecule has 0 spiro atoms. The Morgan fingerprint density at radius 2 is 0.494 bits per heavy atom. The maximum absolute atomic E-state index is 12.9. The first-order chi connectivity index (χ1) is 39.0. The monoisotopic (exact) mass is 1100 g/mol. The van der Waals surface area contributed by atoms with Gasteiger partial charge >= 0.3 is 17.9 Å². The van der Waals surface area contributed by atoms with Crippen molar-refractivity contribution in [2.75, 3.05) is 13.2 Å². The van der Waals surface area contributed by atoms with Crippen LogP contribution in [0.5, 0.6) is 0 Å². The van der Waals surface area contributed by atoms with Crippen molar-refractivity contribution in [3.05, 3.63) is 85.1 Å². The fraction of sp³-hybridized carbons (Fsp3) is 0.767. The highest BCUT2D eigenvalue weighted by Crippen LogP contribution is 2.18. The molecule has 6 nitrogen and oxygen atoms in total. The van der Waals surface area contributed by atoms with Crippen molar-refractivity contribution in [3.63, 3.8) is 0 Å². The van der Waals surface area contributed by atoms with Crippen molar-refractivity contribution in [2.24, 2.45) is 0 Å². The lowest BCUT2D eigenvalue weighted by Gasteiger charge is -2.18. The quantitative estimate of drug-likeness (QED) is 0.0261. The average Bonchev–Trinajstić information content (AvgIpc) is 3.45. The van der Waals surface area contributed by atoms with E-state index in [4.69, 9.17) is 14.2 Å². The standard InChI is InChI=1S/C73H128O6/c1-4-7-10-13-16-19-22-25-28-31-33-34-35-36-37-38-40-42-45-48-51-54-57-60-63-66-72(75)78-69-70(68-77-71(74)65-62-59-56-53-50-47-44-41-30-27-24-21-18-15-12-9-6-3)79-73(76)67-64-61-58-55-52-49-46-43-39-32-29-26-23-20-17-14-11-8-5-2/h8,11,17-18,20-21,26-27,29-30,39,43,49,52,70H,4-7,9-10,12-16,19,22-25,28,31-38,40-42,44-48,50-51,53-69H2,1-3H3/b11-8-,20-17-,21-18-,29-26-,30-27-,43-39-,52-49-. The third-order valence-electron chi connectivity index (χ3n) is 14.9. The number of carbonyl (C=O) groups excluding carboxylic acids is 3. The molecule has 6 heteroatoms. The van der Waals surface area contributed by atoms with Crippen molar-refractivity contribution in [2.45, 2.75) is 348 Å². The summed E-state index contributed by atoms with van der Waals surface area (Å²) >= 11 is 0. The number of ether oxygens (including phenoxy) is 3. The minimum Gasteiger partial charge on any atom is -0.462 e. The molecule has 0 aliphatic heterocycles. The van der Waals surface area contributed by atoms with E-state index in [0.29, 0.717) is 12.8 Å². The third-order valence-corrected chi connectivity index (χ3v) is 14.9. The van der Waals surface area contributed by atoms with Crippen LogP contribution in [0.3, 0.4) is 0 Å². The Morgan fingerprint density at radius 3 is 0.810 bits per heavy atom.